The zero-order chi connectivity index (χ0) is 12.2. The van der Waals surface area contributed by atoms with Crippen LogP contribution in [0.4, 0.5) is 0 Å². The molecule has 3 nitrogen and oxygen atoms in total. The van der Waals surface area contributed by atoms with Gasteiger partial charge >= 0.3 is 0 Å². The number of nitrogens with zero attached hydrogens (tertiary/aromatic N) is 1. The quantitative estimate of drug-likeness (QED) is 0.755. The van der Waals surface area contributed by atoms with Crippen LogP contribution in [0.3, 0.4) is 0 Å². The van der Waals surface area contributed by atoms with Gasteiger partial charge in [0.1, 0.15) is 0 Å². The van der Waals surface area contributed by atoms with E-state index in [0.29, 0.717) is 13.2 Å². The maximum atomic E-state index is 9.82. The summed E-state index contributed by atoms with van der Waals surface area (Å²) in [4.78, 5) is 2.22. The Bertz CT molecular complexity index is 197. The van der Waals surface area contributed by atoms with Gasteiger partial charge in [-0.2, -0.15) is 0 Å². The van der Waals surface area contributed by atoms with Crippen LogP contribution in [0, 0.1) is 5.92 Å². The normalized spacial score (nSPS) is 19.9. The minimum absolute atomic E-state index is 0.159. The Morgan fingerprint density at radius 3 is 2.44 bits per heavy atom. The molecule has 0 saturated heterocycles. The van der Waals surface area contributed by atoms with Gasteiger partial charge in [0.25, 0.3) is 0 Å². The number of hydrogen-bond acceptors (Lipinski definition) is 3. The zero-order valence-electron chi connectivity index (χ0n) is 11.2. The first-order valence-corrected chi connectivity index (χ1v) is 6.37. The topological polar surface area (TPSA) is 32.7 Å². The van der Waals surface area contributed by atoms with E-state index in [4.69, 9.17) is 4.74 Å². The molecule has 0 aliphatic heterocycles. The van der Waals surface area contributed by atoms with E-state index in [1.54, 1.807) is 0 Å². The second kappa shape index (κ2) is 5.99. The molecule has 1 atom stereocenters. The first kappa shape index (κ1) is 13.9. The Morgan fingerprint density at radius 1 is 1.38 bits per heavy atom. The minimum atomic E-state index is -0.371. The van der Waals surface area contributed by atoms with Crippen LogP contribution in [0.2, 0.25) is 0 Å². The Balaban J connectivity index is 2.09. The SMILES string of the molecule is CN(CC(O)COC(C)(C)C)CC1CCC1. The fourth-order valence-electron chi connectivity index (χ4n) is 1.95. The smallest absolute Gasteiger partial charge is 0.0900 e. The van der Waals surface area contributed by atoms with Gasteiger partial charge in [-0.3, -0.25) is 0 Å². The molecule has 0 aromatic heterocycles. The lowest BCUT2D eigenvalue weighted by Crippen LogP contribution is -2.38. The summed E-state index contributed by atoms with van der Waals surface area (Å²) in [7, 11) is 2.08. The van der Waals surface area contributed by atoms with Crippen LogP contribution in [-0.2, 0) is 4.74 Å². The standard InChI is InChI=1S/C13H27NO2/c1-13(2,3)16-10-12(15)9-14(4)8-11-6-5-7-11/h11-12,15H,5-10H2,1-4H3. The van der Waals surface area contributed by atoms with E-state index in [2.05, 4.69) is 11.9 Å². The number of rotatable bonds is 6. The molecule has 96 valence electrons. The van der Waals surface area contributed by atoms with Crippen molar-refractivity contribution in [3.8, 4) is 0 Å². The van der Waals surface area contributed by atoms with Gasteiger partial charge in [0.05, 0.1) is 18.3 Å². The highest BCUT2D eigenvalue weighted by atomic mass is 16.5. The van der Waals surface area contributed by atoms with Gasteiger partial charge in [-0.1, -0.05) is 6.42 Å². The molecule has 1 unspecified atom stereocenters. The van der Waals surface area contributed by atoms with Crippen molar-refractivity contribution in [1.29, 1.82) is 0 Å². The zero-order valence-corrected chi connectivity index (χ0v) is 11.2. The van der Waals surface area contributed by atoms with Crippen LogP contribution in [0.15, 0.2) is 0 Å². The Kier molecular flexibility index (Phi) is 5.22. The Hall–Kier alpha value is -0.120. The maximum Gasteiger partial charge on any atom is 0.0900 e. The molecule has 0 aromatic carbocycles. The van der Waals surface area contributed by atoms with Gasteiger partial charge in [-0.25, -0.2) is 0 Å². The van der Waals surface area contributed by atoms with Crippen molar-refractivity contribution in [2.75, 3.05) is 26.7 Å². The van der Waals surface area contributed by atoms with Crippen LogP contribution in [-0.4, -0.2) is 48.5 Å². The van der Waals surface area contributed by atoms with Crippen molar-refractivity contribution in [2.45, 2.75) is 51.7 Å². The second-order valence-electron chi connectivity index (χ2n) is 6.10. The van der Waals surface area contributed by atoms with Crippen molar-refractivity contribution in [3.05, 3.63) is 0 Å². The fraction of sp³-hybridized carbons (Fsp3) is 1.00. The van der Waals surface area contributed by atoms with Crippen molar-refractivity contribution in [2.24, 2.45) is 5.92 Å². The predicted octanol–water partition coefficient (Wildman–Crippen LogP) is 1.89. The molecule has 0 heterocycles. The molecular weight excluding hydrogens is 202 g/mol. The predicted molar refractivity (Wildman–Crippen MR) is 66.5 cm³/mol. The molecular formula is C13H27NO2. The highest BCUT2D eigenvalue weighted by Crippen LogP contribution is 2.26. The summed E-state index contributed by atoms with van der Waals surface area (Å²) in [6, 6.07) is 0. The van der Waals surface area contributed by atoms with Gasteiger partial charge in [0.15, 0.2) is 0 Å². The van der Waals surface area contributed by atoms with E-state index in [1.165, 1.54) is 19.3 Å². The average molecular weight is 229 g/mol. The van der Waals surface area contributed by atoms with Crippen LogP contribution < -0.4 is 0 Å². The Labute approximate surface area is 99.8 Å². The minimum Gasteiger partial charge on any atom is -0.389 e. The molecule has 3 heteroatoms. The van der Waals surface area contributed by atoms with Gasteiger partial charge in [-0.05, 0) is 46.6 Å². The van der Waals surface area contributed by atoms with Crippen LogP contribution in [0.5, 0.6) is 0 Å². The van der Waals surface area contributed by atoms with E-state index < -0.39 is 0 Å². The van der Waals surface area contributed by atoms with E-state index in [0.717, 1.165) is 12.5 Å². The number of ether oxygens (including phenoxy) is 1. The van der Waals surface area contributed by atoms with Crippen molar-refractivity contribution in [1.82, 2.24) is 4.90 Å². The molecule has 0 amide bonds. The third-order valence-corrected chi connectivity index (χ3v) is 3.03. The van der Waals surface area contributed by atoms with E-state index in [1.807, 2.05) is 20.8 Å². The Morgan fingerprint density at radius 2 is 2.00 bits per heavy atom. The van der Waals surface area contributed by atoms with Crippen LogP contribution in [0.1, 0.15) is 40.0 Å². The highest BCUT2D eigenvalue weighted by molar-refractivity contribution is 4.74. The third kappa shape index (κ3) is 5.83. The number of aliphatic hydroxyl groups excluding tert-OH is 1. The van der Waals surface area contributed by atoms with Crippen molar-refractivity contribution < 1.29 is 9.84 Å². The summed E-state index contributed by atoms with van der Waals surface area (Å²) in [6.45, 7) is 8.30. The summed E-state index contributed by atoms with van der Waals surface area (Å²) in [6.07, 6.45) is 3.73. The summed E-state index contributed by atoms with van der Waals surface area (Å²) < 4.78 is 5.56. The third-order valence-electron chi connectivity index (χ3n) is 3.03. The number of likely N-dealkylation sites (N-methyl/N-ethyl adjacent to an activating group) is 1. The second-order valence-corrected chi connectivity index (χ2v) is 6.10. The first-order chi connectivity index (χ1) is 7.37. The van der Waals surface area contributed by atoms with E-state index in [9.17, 15) is 5.11 Å². The number of hydrogen-bond donors (Lipinski definition) is 1. The largest absolute Gasteiger partial charge is 0.389 e. The highest BCUT2D eigenvalue weighted by Gasteiger charge is 2.20. The molecule has 1 fully saturated rings. The molecule has 1 N–H and O–H groups in total. The molecule has 0 spiro atoms. The van der Waals surface area contributed by atoms with E-state index >= 15 is 0 Å². The summed E-state index contributed by atoms with van der Waals surface area (Å²) in [5.41, 5.74) is -0.159. The van der Waals surface area contributed by atoms with Crippen LogP contribution >= 0.6 is 0 Å². The summed E-state index contributed by atoms with van der Waals surface area (Å²) in [5.74, 6) is 0.862. The molecule has 16 heavy (non-hydrogen) atoms. The van der Waals surface area contributed by atoms with Gasteiger partial charge in [0, 0.05) is 13.1 Å². The molecule has 1 rings (SSSR count). The molecule has 1 saturated carbocycles. The summed E-state index contributed by atoms with van der Waals surface area (Å²) in [5, 5.41) is 9.82. The average Bonchev–Trinajstić information content (AvgIpc) is 2.07. The molecule has 1 aliphatic rings. The van der Waals surface area contributed by atoms with Gasteiger partial charge in [-0.15, -0.1) is 0 Å². The lowest BCUT2D eigenvalue weighted by Gasteiger charge is -2.31. The van der Waals surface area contributed by atoms with Crippen LogP contribution in [0.25, 0.3) is 0 Å². The van der Waals surface area contributed by atoms with Gasteiger partial charge < -0.3 is 14.7 Å². The molecule has 0 radical (unpaired) electrons. The lowest BCUT2D eigenvalue weighted by atomic mass is 9.85. The lowest BCUT2D eigenvalue weighted by molar-refractivity contribution is -0.0557. The molecule has 0 aromatic rings. The maximum absolute atomic E-state index is 9.82. The summed E-state index contributed by atoms with van der Waals surface area (Å²) >= 11 is 0. The molecule has 0 bridgehead atoms. The van der Waals surface area contributed by atoms with Gasteiger partial charge in [0.2, 0.25) is 0 Å². The van der Waals surface area contributed by atoms with Crippen molar-refractivity contribution >= 4 is 0 Å². The van der Waals surface area contributed by atoms with Crippen molar-refractivity contribution in [3.63, 3.8) is 0 Å². The monoisotopic (exact) mass is 229 g/mol. The fourth-order valence-corrected chi connectivity index (χ4v) is 1.95. The number of aliphatic hydroxyl groups is 1. The van der Waals surface area contributed by atoms with E-state index in [-0.39, 0.29) is 11.7 Å². The molecule has 1 aliphatic carbocycles. The first-order valence-electron chi connectivity index (χ1n) is 6.37.